The lowest BCUT2D eigenvalue weighted by atomic mass is 9.97. The van der Waals surface area contributed by atoms with Gasteiger partial charge in [-0.25, -0.2) is 4.18 Å². The molecule has 1 fully saturated rings. The van der Waals surface area contributed by atoms with Crippen LogP contribution in [0.4, 0.5) is 0 Å². The minimum atomic E-state index is -5.09. The van der Waals surface area contributed by atoms with Crippen molar-refractivity contribution >= 4 is 49.8 Å². The molecule has 71 heavy (non-hydrogen) atoms. The minimum absolute atomic E-state index is 0.0407. The Bertz CT molecular complexity index is 2270. The standard InChI is InChI=1S/C58H83NO11S/c1-2-3-4-5-6-7-8-15-20-37-49(68-55(62)40-21-16-11-9-13-18-29-45-33-27-35-47-31-23-25-38-50(45)47)42-54(61)59-52-44-67-53(43-60)58(70-71(64,65)66)57(52)69-56(63)41-22-17-12-10-14-19-30-46-34-28-36-48-32-24-26-39-51(46)48/h23-28,31-36,38-39,49,52-53,57-58,60H,2-22,29-30,37,40-44H2,1H3,(H,59,61)(H,64,65,66)/t49?,52-,53?,57+,58+/m0/s1. The maximum Gasteiger partial charge on any atom is 0.397 e. The summed E-state index contributed by atoms with van der Waals surface area (Å²) in [6.07, 6.45) is 19.0. The summed E-state index contributed by atoms with van der Waals surface area (Å²) >= 11 is 0. The number of amides is 1. The van der Waals surface area contributed by atoms with Crippen LogP contribution < -0.4 is 5.32 Å². The molecule has 0 radical (unpaired) electrons. The molecule has 12 nitrogen and oxygen atoms in total. The van der Waals surface area contributed by atoms with E-state index in [9.17, 15) is 32.5 Å². The monoisotopic (exact) mass is 1000 g/mol. The minimum Gasteiger partial charge on any atom is -0.462 e. The Morgan fingerprint density at radius 2 is 1.10 bits per heavy atom. The zero-order chi connectivity index (χ0) is 50.5. The van der Waals surface area contributed by atoms with Crippen LogP contribution in [0.15, 0.2) is 84.9 Å². The van der Waals surface area contributed by atoms with Crippen molar-refractivity contribution in [2.45, 2.75) is 211 Å². The molecule has 4 aromatic rings. The van der Waals surface area contributed by atoms with Crippen LogP contribution in [-0.2, 0) is 56.0 Å². The first-order chi connectivity index (χ1) is 34.5. The number of fused-ring (bicyclic) bond motifs is 2. The number of hydrogen-bond donors (Lipinski definition) is 3. The number of carbonyl (C=O) groups excluding carboxylic acids is 3. The largest absolute Gasteiger partial charge is 0.462 e. The van der Waals surface area contributed by atoms with Crippen molar-refractivity contribution in [2.24, 2.45) is 0 Å². The van der Waals surface area contributed by atoms with E-state index in [1.165, 1.54) is 64.8 Å². The van der Waals surface area contributed by atoms with E-state index >= 15 is 0 Å². The van der Waals surface area contributed by atoms with Crippen LogP contribution in [0.25, 0.3) is 21.5 Å². The second kappa shape index (κ2) is 32.6. The third kappa shape index (κ3) is 21.7. The number of rotatable bonds is 36. The van der Waals surface area contributed by atoms with Crippen molar-refractivity contribution in [2.75, 3.05) is 13.2 Å². The van der Waals surface area contributed by atoms with Crippen LogP contribution in [0.1, 0.15) is 179 Å². The van der Waals surface area contributed by atoms with Gasteiger partial charge in [-0.15, -0.1) is 0 Å². The Morgan fingerprint density at radius 1 is 0.620 bits per heavy atom. The SMILES string of the molecule is CCCCCCCCCCCC(CC(=O)N[C@H]1COC(CO)[C@@H](OS(=O)(=O)O)[C@@H]1OC(=O)CCCCCCCCc1cccc2ccccc12)OC(=O)CCCCCCCCc1cccc2ccccc12. The molecule has 1 aliphatic heterocycles. The van der Waals surface area contributed by atoms with Crippen molar-refractivity contribution in [1.82, 2.24) is 5.32 Å². The average molecular weight is 1000 g/mol. The van der Waals surface area contributed by atoms with Gasteiger partial charge in [0, 0.05) is 12.8 Å². The third-order valence-corrected chi connectivity index (χ3v) is 14.3. The number of nitrogens with one attached hydrogen (secondary N) is 1. The van der Waals surface area contributed by atoms with Crippen molar-refractivity contribution in [3.8, 4) is 0 Å². The summed E-state index contributed by atoms with van der Waals surface area (Å²) in [5, 5.41) is 18.0. The summed E-state index contributed by atoms with van der Waals surface area (Å²) < 4.78 is 56.1. The smallest absolute Gasteiger partial charge is 0.397 e. The first-order valence-electron chi connectivity index (χ1n) is 27.0. The van der Waals surface area contributed by atoms with E-state index in [1.54, 1.807) is 0 Å². The lowest BCUT2D eigenvalue weighted by Gasteiger charge is -2.40. The van der Waals surface area contributed by atoms with Gasteiger partial charge in [-0.3, -0.25) is 18.9 Å². The fourth-order valence-corrected chi connectivity index (χ4v) is 10.5. The predicted molar refractivity (Wildman–Crippen MR) is 281 cm³/mol. The summed E-state index contributed by atoms with van der Waals surface area (Å²) in [6, 6.07) is 28.7. The van der Waals surface area contributed by atoms with Gasteiger partial charge in [-0.05, 0) is 84.0 Å². The Balaban J connectivity index is 1.08. The van der Waals surface area contributed by atoms with E-state index in [4.69, 9.17) is 18.4 Å². The van der Waals surface area contributed by atoms with Crippen molar-refractivity contribution in [3.63, 3.8) is 0 Å². The molecule has 0 aromatic heterocycles. The molecule has 5 rings (SSSR count). The van der Waals surface area contributed by atoms with Gasteiger partial charge in [0.25, 0.3) is 0 Å². The molecule has 1 aliphatic rings. The highest BCUT2D eigenvalue weighted by Gasteiger charge is 2.46. The second-order valence-corrected chi connectivity index (χ2v) is 20.7. The molecule has 392 valence electrons. The van der Waals surface area contributed by atoms with Gasteiger partial charge in [-0.1, -0.05) is 195 Å². The Hall–Kier alpha value is -4.40. The number of aryl methyl sites for hydroxylation is 2. The molecular weight excluding hydrogens is 919 g/mol. The molecule has 2 unspecified atom stereocenters. The summed E-state index contributed by atoms with van der Waals surface area (Å²) in [4.78, 5) is 40.3. The Kier molecular flexibility index (Phi) is 26.4. The fraction of sp³-hybridized carbons (Fsp3) is 0.603. The van der Waals surface area contributed by atoms with Gasteiger partial charge in [-0.2, -0.15) is 8.42 Å². The van der Waals surface area contributed by atoms with Gasteiger partial charge in [0.05, 0.1) is 25.7 Å². The maximum atomic E-state index is 13.8. The molecule has 13 heteroatoms. The average Bonchev–Trinajstić information content (AvgIpc) is 3.35. The number of unbranched alkanes of at least 4 members (excludes halogenated alkanes) is 18. The Morgan fingerprint density at radius 3 is 1.63 bits per heavy atom. The van der Waals surface area contributed by atoms with Crippen LogP contribution in [-0.4, -0.2) is 79.6 Å². The molecule has 0 spiro atoms. The van der Waals surface area contributed by atoms with Gasteiger partial charge in [0.2, 0.25) is 5.91 Å². The van der Waals surface area contributed by atoms with Crippen molar-refractivity contribution in [3.05, 3.63) is 96.1 Å². The lowest BCUT2D eigenvalue weighted by Crippen LogP contribution is -2.62. The van der Waals surface area contributed by atoms with Crippen molar-refractivity contribution in [1.29, 1.82) is 0 Å². The predicted octanol–water partition coefficient (Wildman–Crippen LogP) is 12.4. The van der Waals surface area contributed by atoms with Gasteiger partial charge < -0.3 is 24.6 Å². The second-order valence-electron chi connectivity index (χ2n) is 19.6. The normalized spacial score (nSPS) is 17.6. The van der Waals surface area contributed by atoms with E-state index in [2.05, 4.69) is 97.2 Å². The number of aliphatic hydroxyl groups excluding tert-OH is 1. The molecule has 1 heterocycles. The van der Waals surface area contributed by atoms with Crippen molar-refractivity contribution < 1.29 is 50.9 Å². The first-order valence-corrected chi connectivity index (χ1v) is 28.4. The molecule has 0 aliphatic carbocycles. The highest BCUT2D eigenvalue weighted by atomic mass is 32.3. The zero-order valence-electron chi connectivity index (χ0n) is 42.5. The van der Waals surface area contributed by atoms with E-state index in [-0.39, 0.29) is 31.8 Å². The first kappa shape index (κ1) is 57.5. The van der Waals surface area contributed by atoms with Crippen LogP contribution in [0.3, 0.4) is 0 Å². The zero-order valence-corrected chi connectivity index (χ0v) is 43.3. The molecule has 1 saturated heterocycles. The summed E-state index contributed by atoms with van der Waals surface area (Å²) in [6.45, 7) is 1.28. The molecule has 4 aromatic carbocycles. The molecule has 3 N–H and O–H groups in total. The molecule has 1 amide bonds. The Labute approximate surface area is 424 Å². The summed E-state index contributed by atoms with van der Waals surface area (Å²) in [5.41, 5.74) is 2.72. The highest BCUT2D eigenvalue weighted by Crippen LogP contribution is 2.26. The molecule has 5 atom stereocenters. The third-order valence-electron chi connectivity index (χ3n) is 13.9. The fourth-order valence-electron chi connectivity index (χ4n) is 9.96. The van der Waals surface area contributed by atoms with Gasteiger partial charge in [0.15, 0.2) is 6.10 Å². The van der Waals surface area contributed by atoms with Crippen LogP contribution in [0, 0.1) is 0 Å². The van der Waals surface area contributed by atoms with E-state index in [1.807, 2.05) is 0 Å². The molecule has 0 bridgehead atoms. The van der Waals surface area contributed by atoms with Crippen LogP contribution >= 0.6 is 0 Å². The van der Waals surface area contributed by atoms with Gasteiger partial charge in [0.1, 0.15) is 18.3 Å². The number of ether oxygens (including phenoxy) is 3. The molecule has 0 saturated carbocycles. The number of esters is 2. The van der Waals surface area contributed by atoms with Crippen LogP contribution in [0.2, 0.25) is 0 Å². The van der Waals surface area contributed by atoms with Crippen LogP contribution in [0.5, 0.6) is 0 Å². The van der Waals surface area contributed by atoms with E-state index < -0.39 is 59.3 Å². The number of aliphatic hydroxyl groups is 1. The topological polar surface area (TPSA) is 175 Å². The lowest BCUT2D eigenvalue weighted by molar-refractivity contribution is -0.186. The maximum absolute atomic E-state index is 13.8. The number of carbonyl (C=O) groups is 3. The molecular formula is C58H83NO11S. The quantitative estimate of drug-likeness (QED) is 0.0225. The number of benzene rings is 4. The van der Waals surface area contributed by atoms with Gasteiger partial charge >= 0.3 is 22.3 Å². The van der Waals surface area contributed by atoms with E-state index in [0.29, 0.717) is 19.3 Å². The summed E-state index contributed by atoms with van der Waals surface area (Å²) in [5.74, 6) is -1.49. The van der Waals surface area contributed by atoms with E-state index in [0.717, 1.165) is 103 Å². The summed E-state index contributed by atoms with van der Waals surface area (Å²) in [7, 11) is -5.09. The number of hydrogen-bond acceptors (Lipinski definition) is 10. The highest BCUT2D eigenvalue weighted by molar-refractivity contribution is 7.80.